The number of carboxylic acid groups (broad SMARTS) is 2. The molecule has 6 nitrogen and oxygen atoms in total. The second-order valence-corrected chi connectivity index (χ2v) is 4.31. The number of benzene rings is 1. The van der Waals surface area contributed by atoms with Gasteiger partial charge in [-0.05, 0) is 44.2 Å². The van der Waals surface area contributed by atoms with Crippen LogP contribution >= 0.6 is 11.6 Å². The van der Waals surface area contributed by atoms with Gasteiger partial charge in [0.05, 0.1) is 0 Å². The Hall–Kier alpha value is -1.79. The van der Waals surface area contributed by atoms with Crippen LogP contribution in [0.2, 0.25) is 5.02 Å². The third kappa shape index (κ3) is 6.96. The smallest absolute Gasteiger partial charge is 0.414 e. The van der Waals surface area contributed by atoms with Gasteiger partial charge in [0, 0.05) is 11.6 Å². The number of nitrogens with one attached hydrogen (secondary N) is 1. The van der Waals surface area contributed by atoms with Crippen LogP contribution in [0.1, 0.15) is 11.1 Å². The van der Waals surface area contributed by atoms with Crippen molar-refractivity contribution >= 4 is 23.5 Å². The molecule has 112 valence electrons. The summed E-state index contributed by atoms with van der Waals surface area (Å²) < 4.78 is 5.54. The van der Waals surface area contributed by atoms with E-state index in [2.05, 4.69) is 5.32 Å². The first-order valence-electron chi connectivity index (χ1n) is 5.80. The van der Waals surface area contributed by atoms with Crippen molar-refractivity contribution in [1.29, 1.82) is 0 Å². The van der Waals surface area contributed by atoms with Crippen molar-refractivity contribution < 1.29 is 24.5 Å². The van der Waals surface area contributed by atoms with Crippen LogP contribution < -0.4 is 10.1 Å². The van der Waals surface area contributed by atoms with Gasteiger partial charge in [0.1, 0.15) is 12.4 Å². The van der Waals surface area contributed by atoms with Crippen molar-refractivity contribution in [3.05, 3.63) is 28.3 Å². The Balaban J connectivity index is 0.000000511. The third-order valence-corrected chi connectivity index (χ3v) is 2.81. The molecule has 1 aromatic rings. The molecule has 1 rings (SSSR count). The average molecular weight is 304 g/mol. The molecule has 0 unspecified atom stereocenters. The fourth-order valence-corrected chi connectivity index (χ4v) is 1.37. The number of hydrogen-bond donors (Lipinski definition) is 3. The average Bonchev–Trinajstić information content (AvgIpc) is 2.36. The number of halogens is 1. The van der Waals surface area contributed by atoms with Crippen molar-refractivity contribution in [2.45, 2.75) is 13.8 Å². The number of rotatable bonds is 4. The van der Waals surface area contributed by atoms with Crippen molar-refractivity contribution in [2.75, 3.05) is 20.2 Å². The Morgan fingerprint density at radius 1 is 1.20 bits per heavy atom. The molecule has 0 radical (unpaired) electrons. The number of likely N-dealkylation sites (N-methyl/N-ethyl adjacent to an activating group) is 1. The summed E-state index contributed by atoms with van der Waals surface area (Å²) in [5.74, 6) is -2.76. The molecule has 1 aromatic carbocycles. The molecule has 0 aliphatic heterocycles. The van der Waals surface area contributed by atoms with Crippen molar-refractivity contribution in [3.8, 4) is 5.75 Å². The highest BCUT2D eigenvalue weighted by molar-refractivity contribution is 6.32. The Kier molecular flexibility index (Phi) is 8.35. The van der Waals surface area contributed by atoms with Crippen LogP contribution in [-0.4, -0.2) is 42.4 Å². The van der Waals surface area contributed by atoms with E-state index in [1.165, 1.54) is 0 Å². The lowest BCUT2D eigenvalue weighted by Gasteiger charge is -2.09. The van der Waals surface area contributed by atoms with Gasteiger partial charge in [-0.25, -0.2) is 9.59 Å². The predicted molar refractivity (Wildman–Crippen MR) is 75.6 cm³/mol. The highest BCUT2D eigenvalue weighted by Gasteiger charge is 2.04. The summed E-state index contributed by atoms with van der Waals surface area (Å²) >= 11 is 6.04. The van der Waals surface area contributed by atoms with E-state index in [0.29, 0.717) is 6.61 Å². The summed E-state index contributed by atoms with van der Waals surface area (Å²) in [6.45, 7) is 5.50. The quantitative estimate of drug-likeness (QED) is 0.579. The van der Waals surface area contributed by atoms with Crippen LogP contribution in [0, 0.1) is 13.8 Å². The minimum absolute atomic E-state index is 0.678. The summed E-state index contributed by atoms with van der Waals surface area (Å²) in [6.07, 6.45) is 0. The fourth-order valence-electron chi connectivity index (χ4n) is 1.26. The van der Waals surface area contributed by atoms with Crippen molar-refractivity contribution in [1.82, 2.24) is 5.32 Å². The fraction of sp³-hybridized carbons (Fsp3) is 0.385. The van der Waals surface area contributed by atoms with Gasteiger partial charge in [-0.3, -0.25) is 0 Å². The first kappa shape index (κ1) is 18.2. The Bertz CT molecular complexity index is 441. The van der Waals surface area contributed by atoms with Crippen LogP contribution in [0.3, 0.4) is 0 Å². The molecule has 0 aliphatic rings. The lowest BCUT2D eigenvalue weighted by Crippen LogP contribution is -2.16. The van der Waals surface area contributed by atoms with Crippen LogP contribution in [0.25, 0.3) is 0 Å². The normalized spacial score (nSPS) is 9.40. The lowest BCUT2D eigenvalue weighted by atomic mass is 10.1. The van der Waals surface area contributed by atoms with E-state index in [1.54, 1.807) is 0 Å². The molecule has 0 aliphatic carbocycles. The number of carboxylic acids is 2. The molecule has 0 fully saturated rings. The number of aliphatic carboxylic acids is 2. The second kappa shape index (κ2) is 9.17. The number of carbonyl (C=O) groups is 2. The summed E-state index contributed by atoms with van der Waals surface area (Å²) in [7, 11) is 1.90. The summed E-state index contributed by atoms with van der Waals surface area (Å²) in [5, 5.41) is 18.6. The minimum Gasteiger partial charge on any atom is -0.492 e. The number of aryl methyl sites for hydroxylation is 2. The molecule has 0 amide bonds. The van der Waals surface area contributed by atoms with E-state index in [-0.39, 0.29) is 0 Å². The topological polar surface area (TPSA) is 95.9 Å². The molecule has 3 N–H and O–H groups in total. The lowest BCUT2D eigenvalue weighted by molar-refractivity contribution is -0.159. The maximum absolute atomic E-state index is 9.10. The van der Waals surface area contributed by atoms with Crippen LogP contribution in [0.5, 0.6) is 5.75 Å². The molecule has 7 heteroatoms. The van der Waals surface area contributed by atoms with Gasteiger partial charge in [0.25, 0.3) is 0 Å². The van der Waals surface area contributed by atoms with Gasteiger partial charge in [-0.1, -0.05) is 11.6 Å². The van der Waals surface area contributed by atoms with E-state index < -0.39 is 11.9 Å². The van der Waals surface area contributed by atoms with E-state index in [9.17, 15) is 0 Å². The van der Waals surface area contributed by atoms with Gasteiger partial charge in [0.2, 0.25) is 0 Å². The van der Waals surface area contributed by atoms with Crippen molar-refractivity contribution in [2.24, 2.45) is 0 Å². The molecule has 0 spiro atoms. The summed E-state index contributed by atoms with van der Waals surface area (Å²) in [5.41, 5.74) is 2.12. The monoisotopic (exact) mass is 303 g/mol. The SMILES string of the molecule is CNCCOc1cc(C)c(Cl)c(C)c1.O=C(O)C(=O)O. The first-order chi connectivity index (χ1) is 9.29. The first-order valence-corrected chi connectivity index (χ1v) is 6.17. The largest absolute Gasteiger partial charge is 0.492 e. The van der Waals surface area contributed by atoms with Gasteiger partial charge >= 0.3 is 11.9 Å². The highest BCUT2D eigenvalue weighted by Crippen LogP contribution is 2.25. The Morgan fingerprint density at radius 3 is 2.00 bits per heavy atom. The van der Waals surface area contributed by atoms with Gasteiger partial charge in [-0.2, -0.15) is 0 Å². The molecule has 0 heterocycles. The molecule has 0 bridgehead atoms. The Labute approximate surface area is 122 Å². The van der Waals surface area contributed by atoms with Crippen LogP contribution in [0.15, 0.2) is 12.1 Å². The Morgan fingerprint density at radius 2 is 1.65 bits per heavy atom. The maximum atomic E-state index is 9.10. The predicted octanol–water partition coefficient (Wildman–Crippen LogP) is 1.71. The minimum atomic E-state index is -1.82. The van der Waals surface area contributed by atoms with Gasteiger partial charge in [0.15, 0.2) is 0 Å². The molecule has 0 saturated heterocycles. The second-order valence-electron chi connectivity index (χ2n) is 3.93. The number of hydrogen-bond acceptors (Lipinski definition) is 4. The van der Waals surface area contributed by atoms with Gasteiger partial charge in [-0.15, -0.1) is 0 Å². The molecule has 0 atom stereocenters. The number of ether oxygens (including phenoxy) is 1. The van der Waals surface area contributed by atoms with E-state index in [4.69, 9.17) is 36.1 Å². The summed E-state index contributed by atoms with van der Waals surface area (Å²) in [4.78, 5) is 18.2. The van der Waals surface area contributed by atoms with Crippen LogP contribution in [0.4, 0.5) is 0 Å². The molecular formula is C13H18ClNO5. The highest BCUT2D eigenvalue weighted by atomic mass is 35.5. The maximum Gasteiger partial charge on any atom is 0.414 e. The third-order valence-electron chi connectivity index (χ3n) is 2.21. The van der Waals surface area contributed by atoms with E-state index in [0.717, 1.165) is 28.4 Å². The van der Waals surface area contributed by atoms with E-state index in [1.807, 2.05) is 33.0 Å². The van der Waals surface area contributed by atoms with Gasteiger partial charge < -0.3 is 20.3 Å². The zero-order valence-corrected chi connectivity index (χ0v) is 12.3. The molecule has 20 heavy (non-hydrogen) atoms. The van der Waals surface area contributed by atoms with Crippen molar-refractivity contribution in [3.63, 3.8) is 0 Å². The standard InChI is InChI=1S/C11H16ClNO.C2H2O4/c1-8-6-10(14-5-4-13-3)7-9(2)11(8)12;3-1(4)2(5)6/h6-7,13H,4-5H2,1-3H3;(H,3,4)(H,5,6). The molecule has 0 aromatic heterocycles. The molecular weight excluding hydrogens is 286 g/mol. The van der Waals surface area contributed by atoms with Crippen LogP contribution in [-0.2, 0) is 9.59 Å². The zero-order chi connectivity index (χ0) is 15.7. The molecule has 0 saturated carbocycles. The van der Waals surface area contributed by atoms with E-state index >= 15 is 0 Å². The zero-order valence-electron chi connectivity index (χ0n) is 11.6. The summed E-state index contributed by atoms with van der Waals surface area (Å²) in [6, 6.07) is 3.93.